The zero-order valence-electron chi connectivity index (χ0n) is 11.7. The van der Waals surface area contributed by atoms with E-state index in [4.69, 9.17) is 15.9 Å². The Hall–Kier alpha value is -2.68. The van der Waals surface area contributed by atoms with Gasteiger partial charge in [0.25, 0.3) is 5.22 Å². The summed E-state index contributed by atoms with van der Waals surface area (Å²) in [6.45, 7) is 2.02. The lowest BCUT2D eigenvalue weighted by Gasteiger charge is -1.99. The minimum Gasteiger partial charge on any atom is -0.411 e. The van der Waals surface area contributed by atoms with E-state index in [1.807, 2.05) is 31.2 Å². The second kappa shape index (κ2) is 5.98. The first-order valence-electron chi connectivity index (χ1n) is 6.39. The van der Waals surface area contributed by atoms with Crippen molar-refractivity contribution in [1.29, 1.82) is 0 Å². The van der Waals surface area contributed by atoms with Crippen LogP contribution in [0.25, 0.3) is 11.5 Å². The van der Waals surface area contributed by atoms with Gasteiger partial charge >= 0.3 is 0 Å². The van der Waals surface area contributed by atoms with Gasteiger partial charge in [0.15, 0.2) is 0 Å². The van der Waals surface area contributed by atoms with Gasteiger partial charge in [0.1, 0.15) is 5.82 Å². The molecule has 0 aliphatic heterocycles. The number of anilines is 2. The van der Waals surface area contributed by atoms with Crippen LogP contribution < -0.4 is 11.5 Å². The standard InChI is InChI=1S/C13H13N7OS/c1-7-2-4-8(5-3-7)10-19-20-13(21-10)22-6-9-16-11(14)18-12(15)17-9/h2-5H,6H2,1H3,(H4,14,15,16,17,18). The molecule has 2 aromatic heterocycles. The third-order valence-electron chi connectivity index (χ3n) is 2.75. The van der Waals surface area contributed by atoms with Gasteiger partial charge in [-0.1, -0.05) is 29.5 Å². The van der Waals surface area contributed by atoms with Crippen molar-refractivity contribution in [2.75, 3.05) is 11.5 Å². The summed E-state index contributed by atoms with van der Waals surface area (Å²) in [4.78, 5) is 11.7. The van der Waals surface area contributed by atoms with Gasteiger partial charge in [-0.3, -0.25) is 0 Å². The Labute approximate surface area is 130 Å². The Morgan fingerprint density at radius 1 is 1.00 bits per heavy atom. The fourth-order valence-electron chi connectivity index (χ4n) is 1.73. The fraction of sp³-hybridized carbons (Fsp3) is 0.154. The molecule has 3 rings (SSSR count). The maximum atomic E-state index is 5.60. The number of hydrogen-bond acceptors (Lipinski definition) is 9. The molecular weight excluding hydrogens is 302 g/mol. The van der Waals surface area contributed by atoms with Crippen LogP contribution in [0.3, 0.4) is 0 Å². The molecular formula is C13H13N7OS. The number of thioether (sulfide) groups is 1. The molecule has 0 spiro atoms. The Morgan fingerprint density at radius 2 is 1.68 bits per heavy atom. The normalized spacial score (nSPS) is 10.8. The van der Waals surface area contributed by atoms with E-state index in [-0.39, 0.29) is 11.9 Å². The molecule has 0 aliphatic carbocycles. The molecule has 1 aromatic carbocycles. The summed E-state index contributed by atoms with van der Waals surface area (Å²) in [5, 5.41) is 8.44. The second-order valence-corrected chi connectivity index (χ2v) is 5.42. The van der Waals surface area contributed by atoms with E-state index in [2.05, 4.69) is 25.1 Å². The molecule has 0 unspecified atom stereocenters. The largest absolute Gasteiger partial charge is 0.411 e. The SMILES string of the molecule is Cc1ccc(-c2nnc(SCc3nc(N)nc(N)n3)o2)cc1. The summed E-state index contributed by atoms with van der Waals surface area (Å²) in [5.74, 6) is 1.53. The number of nitrogens with two attached hydrogens (primary N) is 2. The van der Waals surface area contributed by atoms with Crippen LogP contribution in [0.2, 0.25) is 0 Å². The minimum absolute atomic E-state index is 0.0916. The molecule has 3 aromatic rings. The highest BCUT2D eigenvalue weighted by Crippen LogP contribution is 2.25. The van der Waals surface area contributed by atoms with Crippen molar-refractivity contribution < 1.29 is 4.42 Å². The molecule has 0 aliphatic rings. The van der Waals surface area contributed by atoms with Crippen molar-refractivity contribution in [3.8, 4) is 11.5 Å². The summed E-state index contributed by atoms with van der Waals surface area (Å²) in [7, 11) is 0. The topological polar surface area (TPSA) is 130 Å². The molecule has 0 radical (unpaired) electrons. The van der Waals surface area contributed by atoms with Gasteiger partial charge in [0, 0.05) is 5.56 Å². The van der Waals surface area contributed by atoms with Crippen molar-refractivity contribution in [2.24, 2.45) is 0 Å². The monoisotopic (exact) mass is 315 g/mol. The molecule has 2 heterocycles. The molecule has 8 nitrogen and oxygen atoms in total. The van der Waals surface area contributed by atoms with Gasteiger partial charge in [0.05, 0.1) is 5.75 Å². The van der Waals surface area contributed by atoms with Crippen molar-refractivity contribution in [2.45, 2.75) is 17.9 Å². The third kappa shape index (κ3) is 3.31. The lowest BCUT2D eigenvalue weighted by atomic mass is 10.1. The van der Waals surface area contributed by atoms with Crippen LogP contribution in [0, 0.1) is 6.92 Å². The fourth-order valence-corrected chi connectivity index (χ4v) is 2.35. The molecule has 9 heteroatoms. The van der Waals surface area contributed by atoms with Crippen LogP contribution in [0.15, 0.2) is 33.9 Å². The van der Waals surface area contributed by atoms with E-state index in [0.717, 1.165) is 5.56 Å². The van der Waals surface area contributed by atoms with Gasteiger partial charge in [-0.15, -0.1) is 10.2 Å². The van der Waals surface area contributed by atoms with E-state index in [0.29, 0.717) is 22.7 Å². The zero-order chi connectivity index (χ0) is 15.5. The van der Waals surface area contributed by atoms with E-state index in [1.165, 1.54) is 17.3 Å². The van der Waals surface area contributed by atoms with Gasteiger partial charge in [-0.05, 0) is 19.1 Å². The third-order valence-corrected chi connectivity index (χ3v) is 3.56. The molecule has 0 bridgehead atoms. The van der Waals surface area contributed by atoms with Crippen LogP contribution in [0.5, 0.6) is 0 Å². The molecule has 0 saturated heterocycles. The van der Waals surface area contributed by atoms with Crippen LogP contribution >= 0.6 is 11.8 Å². The second-order valence-electron chi connectivity index (χ2n) is 4.50. The maximum absolute atomic E-state index is 5.60. The molecule has 0 fully saturated rings. The highest BCUT2D eigenvalue weighted by molar-refractivity contribution is 7.98. The average Bonchev–Trinajstić information content (AvgIpc) is 2.94. The number of nitrogen functional groups attached to an aromatic ring is 2. The van der Waals surface area contributed by atoms with E-state index in [9.17, 15) is 0 Å². The maximum Gasteiger partial charge on any atom is 0.277 e. The van der Waals surface area contributed by atoms with Crippen LogP contribution in [-0.4, -0.2) is 25.1 Å². The van der Waals surface area contributed by atoms with Crippen molar-refractivity contribution in [3.63, 3.8) is 0 Å². The summed E-state index contributed by atoms with van der Waals surface area (Å²) in [6.07, 6.45) is 0. The van der Waals surface area contributed by atoms with E-state index in [1.54, 1.807) is 0 Å². The molecule has 4 N–H and O–H groups in total. The average molecular weight is 315 g/mol. The van der Waals surface area contributed by atoms with Crippen molar-refractivity contribution in [3.05, 3.63) is 35.7 Å². The Morgan fingerprint density at radius 3 is 2.36 bits per heavy atom. The lowest BCUT2D eigenvalue weighted by Crippen LogP contribution is -2.05. The van der Waals surface area contributed by atoms with Crippen LogP contribution in [0.4, 0.5) is 11.9 Å². The molecule has 22 heavy (non-hydrogen) atoms. The number of aromatic nitrogens is 5. The molecule has 0 amide bonds. The van der Waals surface area contributed by atoms with Gasteiger partial charge in [-0.25, -0.2) is 0 Å². The Kier molecular flexibility index (Phi) is 3.88. The molecule has 0 saturated carbocycles. The minimum atomic E-state index is 0.0916. The number of aryl methyl sites for hydroxylation is 1. The number of benzene rings is 1. The number of nitrogens with zero attached hydrogens (tertiary/aromatic N) is 5. The number of hydrogen-bond donors (Lipinski definition) is 2. The first-order valence-corrected chi connectivity index (χ1v) is 7.38. The Balaban J connectivity index is 1.70. The van der Waals surface area contributed by atoms with Gasteiger partial charge < -0.3 is 15.9 Å². The predicted molar refractivity (Wildman–Crippen MR) is 82.7 cm³/mol. The smallest absolute Gasteiger partial charge is 0.277 e. The predicted octanol–water partition coefficient (Wildman–Crippen LogP) is 1.69. The lowest BCUT2D eigenvalue weighted by molar-refractivity contribution is 0.465. The highest BCUT2D eigenvalue weighted by Gasteiger charge is 2.10. The highest BCUT2D eigenvalue weighted by atomic mass is 32.2. The molecule has 0 atom stereocenters. The summed E-state index contributed by atoms with van der Waals surface area (Å²) >= 11 is 1.31. The van der Waals surface area contributed by atoms with Crippen LogP contribution in [0.1, 0.15) is 11.4 Å². The van der Waals surface area contributed by atoms with E-state index < -0.39 is 0 Å². The zero-order valence-corrected chi connectivity index (χ0v) is 12.5. The van der Waals surface area contributed by atoms with E-state index >= 15 is 0 Å². The first kappa shape index (κ1) is 14.3. The summed E-state index contributed by atoms with van der Waals surface area (Å²) < 4.78 is 5.60. The summed E-state index contributed by atoms with van der Waals surface area (Å²) in [6, 6.07) is 7.85. The van der Waals surface area contributed by atoms with Gasteiger partial charge in [0.2, 0.25) is 17.8 Å². The number of rotatable bonds is 4. The van der Waals surface area contributed by atoms with Gasteiger partial charge in [-0.2, -0.15) is 15.0 Å². The molecule has 112 valence electrons. The van der Waals surface area contributed by atoms with Crippen molar-refractivity contribution in [1.82, 2.24) is 25.1 Å². The van der Waals surface area contributed by atoms with Crippen LogP contribution in [-0.2, 0) is 5.75 Å². The van der Waals surface area contributed by atoms with Crippen molar-refractivity contribution >= 4 is 23.7 Å². The Bertz CT molecular complexity index is 767. The first-order chi connectivity index (χ1) is 10.6. The summed E-state index contributed by atoms with van der Waals surface area (Å²) in [5.41, 5.74) is 13.1. The quantitative estimate of drug-likeness (QED) is 0.690.